The van der Waals surface area contributed by atoms with E-state index < -0.39 is 30.6 Å². The van der Waals surface area contributed by atoms with Gasteiger partial charge in [-0.3, -0.25) is 4.79 Å². The van der Waals surface area contributed by atoms with Gasteiger partial charge in [0.2, 0.25) is 5.91 Å². The molecule has 0 saturated carbocycles. The van der Waals surface area contributed by atoms with Crippen LogP contribution >= 0.6 is 0 Å². The minimum Gasteiger partial charge on any atom is -0.480 e. The fraction of sp³-hybridized carbons (Fsp3) is 0.846. The molecule has 0 aliphatic heterocycles. The highest BCUT2D eigenvalue weighted by molar-refractivity contribution is 5.87. The minimum absolute atomic E-state index is 0.0129. The molecule has 6 nitrogen and oxygen atoms in total. The smallest absolute Gasteiger partial charge is 0.328 e. The summed E-state index contributed by atoms with van der Waals surface area (Å²) in [5, 5.41) is 19.7. The van der Waals surface area contributed by atoms with E-state index in [0.29, 0.717) is 0 Å². The molecular weight excluding hydrogens is 267 g/mol. The van der Waals surface area contributed by atoms with Gasteiger partial charge in [0.05, 0.1) is 6.61 Å². The first-order chi connectivity index (χ1) is 9.06. The van der Waals surface area contributed by atoms with Gasteiger partial charge in [-0.05, 0) is 17.3 Å². The van der Waals surface area contributed by atoms with Crippen molar-refractivity contribution >= 4 is 11.9 Å². The number of rotatable bonds is 7. The molecule has 1 amide bonds. The Morgan fingerprint density at radius 2 is 1.75 bits per heavy atom. The standard InChI is InChI=1S/C13H25FN2O4/c1-7(8(2)13(3,4)5)10(16-14)11(18)15-9(6-17)12(19)20/h7-10,16-17H,6H2,1-5H3,(H,15,18)(H,19,20)/t7-,8?,9-,10-/m0/s1. The molecule has 0 rings (SSSR count). The van der Waals surface area contributed by atoms with E-state index in [0.717, 1.165) is 0 Å². The summed E-state index contributed by atoms with van der Waals surface area (Å²) >= 11 is 0. The van der Waals surface area contributed by atoms with Crippen molar-refractivity contribution in [1.82, 2.24) is 10.9 Å². The van der Waals surface area contributed by atoms with Crippen LogP contribution in [0, 0.1) is 17.3 Å². The van der Waals surface area contributed by atoms with E-state index in [1.165, 1.54) is 5.54 Å². The highest BCUT2D eigenvalue weighted by atomic mass is 19.2. The lowest BCUT2D eigenvalue weighted by atomic mass is 9.72. The highest BCUT2D eigenvalue weighted by Gasteiger charge is 2.35. The van der Waals surface area contributed by atoms with Crippen molar-refractivity contribution in [3.05, 3.63) is 0 Å². The van der Waals surface area contributed by atoms with Gasteiger partial charge >= 0.3 is 5.97 Å². The van der Waals surface area contributed by atoms with Crippen LogP contribution in [0.25, 0.3) is 0 Å². The quantitative estimate of drug-likeness (QED) is 0.518. The summed E-state index contributed by atoms with van der Waals surface area (Å²) < 4.78 is 12.9. The number of carboxylic acids is 1. The summed E-state index contributed by atoms with van der Waals surface area (Å²) in [5.74, 6) is -2.49. The molecule has 7 heteroatoms. The number of nitrogens with one attached hydrogen (secondary N) is 2. The first-order valence-electron chi connectivity index (χ1n) is 6.56. The van der Waals surface area contributed by atoms with E-state index in [2.05, 4.69) is 5.32 Å². The number of aliphatic hydroxyl groups excluding tert-OH is 1. The Hall–Kier alpha value is -1.21. The molecule has 0 aliphatic rings. The number of aliphatic carboxylic acids is 1. The molecule has 0 aromatic rings. The molecule has 0 aromatic heterocycles. The molecule has 118 valence electrons. The zero-order chi connectivity index (χ0) is 16.1. The Morgan fingerprint density at radius 3 is 2.05 bits per heavy atom. The Balaban J connectivity index is 4.91. The maximum absolute atomic E-state index is 12.9. The molecule has 0 fully saturated rings. The fourth-order valence-electron chi connectivity index (χ4n) is 1.91. The number of hydrogen-bond donors (Lipinski definition) is 4. The van der Waals surface area contributed by atoms with Gasteiger partial charge in [0, 0.05) is 0 Å². The third-order valence-corrected chi connectivity index (χ3v) is 3.88. The summed E-state index contributed by atoms with van der Waals surface area (Å²) in [4.78, 5) is 22.7. The van der Waals surface area contributed by atoms with E-state index >= 15 is 0 Å². The van der Waals surface area contributed by atoms with E-state index in [9.17, 15) is 14.1 Å². The number of amides is 1. The molecule has 4 atom stereocenters. The largest absolute Gasteiger partial charge is 0.480 e. The Morgan fingerprint density at radius 1 is 1.25 bits per heavy atom. The summed E-state index contributed by atoms with van der Waals surface area (Å²) in [5.41, 5.74) is 1.31. The first-order valence-corrected chi connectivity index (χ1v) is 6.56. The van der Waals surface area contributed by atoms with Crippen LogP contribution in [0.1, 0.15) is 34.6 Å². The third kappa shape index (κ3) is 5.05. The van der Waals surface area contributed by atoms with Crippen LogP contribution in [0.3, 0.4) is 0 Å². The van der Waals surface area contributed by atoms with E-state index in [1.807, 2.05) is 27.7 Å². The number of carboxylic acid groups (broad SMARTS) is 1. The third-order valence-electron chi connectivity index (χ3n) is 3.88. The van der Waals surface area contributed by atoms with Crippen molar-refractivity contribution in [1.29, 1.82) is 0 Å². The lowest BCUT2D eigenvalue weighted by Gasteiger charge is -2.35. The lowest BCUT2D eigenvalue weighted by molar-refractivity contribution is -0.144. The maximum atomic E-state index is 12.9. The Bertz CT molecular complexity index is 344. The number of aliphatic hydroxyl groups is 1. The van der Waals surface area contributed by atoms with E-state index in [-0.39, 0.29) is 17.3 Å². The molecule has 0 aromatic carbocycles. The summed E-state index contributed by atoms with van der Waals surface area (Å²) in [6.45, 7) is 8.83. The number of carbonyl (C=O) groups is 2. The Labute approximate surface area is 118 Å². The van der Waals surface area contributed by atoms with Crippen LogP contribution in [0.5, 0.6) is 0 Å². The van der Waals surface area contributed by atoms with Crippen molar-refractivity contribution in [2.45, 2.75) is 46.7 Å². The van der Waals surface area contributed by atoms with E-state index in [1.54, 1.807) is 6.92 Å². The van der Waals surface area contributed by atoms with Gasteiger partial charge in [-0.15, -0.1) is 10.0 Å². The molecule has 1 unspecified atom stereocenters. The van der Waals surface area contributed by atoms with Gasteiger partial charge < -0.3 is 15.5 Å². The molecule has 0 saturated heterocycles. The van der Waals surface area contributed by atoms with Gasteiger partial charge in [-0.2, -0.15) is 0 Å². The minimum atomic E-state index is -1.43. The van der Waals surface area contributed by atoms with Gasteiger partial charge in [0.15, 0.2) is 0 Å². The summed E-state index contributed by atoms with van der Waals surface area (Å²) in [6, 6.07) is -2.60. The molecular formula is C13H25FN2O4. The van der Waals surface area contributed by atoms with Gasteiger partial charge in [0.25, 0.3) is 0 Å². The first kappa shape index (κ1) is 18.8. The predicted molar refractivity (Wildman–Crippen MR) is 72.5 cm³/mol. The van der Waals surface area contributed by atoms with Gasteiger partial charge in [0.1, 0.15) is 12.1 Å². The van der Waals surface area contributed by atoms with Gasteiger partial charge in [-0.25, -0.2) is 4.79 Å². The average Bonchev–Trinajstić information content (AvgIpc) is 2.33. The van der Waals surface area contributed by atoms with Crippen molar-refractivity contribution in [2.24, 2.45) is 17.3 Å². The van der Waals surface area contributed by atoms with Crippen LogP contribution in [0.4, 0.5) is 4.48 Å². The van der Waals surface area contributed by atoms with Crippen molar-refractivity contribution in [3.8, 4) is 0 Å². The van der Waals surface area contributed by atoms with Crippen molar-refractivity contribution < 1.29 is 24.3 Å². The second kappa shape index (κ2) is 7.54. The summed E-state index contributed by atoms with van der Waals surface area (Å²) in [6.07, 6.45) is 0. The number of carbonyl (C=O) groups excluding carboxylic acids is 1. The van der Waals surface area contributed by atoms with Crippen LogP contribution in [0.2, 0.25) is 0 Å². The van der Waals surface area contributed by atoms with E-state index in [4.69, 9.17) is 10.2 Å². The second-order valence-corrected chi connectivity index (χ2v) is 6.18. The molecule has 20 heavy (non-hydrogen) atoms. The van der Waals surface area contributed by atoms with Crippen LogP contribution < -0.4 is 10.9 Å². The Kier molecular flexibility index (Phi) is 7.08. The highest BCUT2D eigenvalue weighted by Crippen LogP contribution is 2.33. The zero-order valence-corrected chi connectivity index (χ0v) is 12.6. The molecule has 0 spiro atoms. The number of halogens is 1. The SMILES string of the molecule is CC([C@H](C)[C@H](NF)C(=O)N[C@@H](CO)C(=O)O)C(C)(C)C. The van der Waals surface area contributed by atoms with Crippen LogP contribution in [-0.2, 0) is 9.59 Å². The van der Waals surface area contributed by atoms with Crippen molar-refractivity contribution in [3.63, 3.8) is 0 Å². The topological polar surface area (TPSA) is 98.7 Å². The average molecular weight is 292 g/mol. The lowest BCUT2D eigenvalue weighted by Crippen LogP contribution is -2.53. The molecule has 0 heterocycles. The predicted octanol–water partition coefficient (Wildman–Crippen LogP) is 0.709. The molecule has 4 N–H and O–H groups in total. The van der Waals surface area contributed by atoms with Gasteiger partial charge in [-0.1, -0.05) is 34.6 Å². The molecule has 0 bridgehead atoms. The second-order valence-electron chi connectivity index (χ2n) is 6.18. The molecule has 0 radical (unpaired) electrons. The normalized spacial score (nSPS) is 17.9. The molecule has 0 aliphatic carbocycles. The fourth-order valence-corrected chi connectivity index (χ4v) is 1.91. The summed E-state index contributed by atoms with van der Waals surface area (Å²) in [7, 11) is 0. The monoisotopic (exact) mass is 292 g/mol. The van der Waals surface area contributed by atoms with Crippen LogP contribution in [0.15, 0.2) is 0 Å². The number of hydrogen-bond acceptors (Lipinski definition) is 4. The maximum Gasteiger partial charge on any atom is 0.328 e. The zero-order valence-electron chi connectivity index (χ0n) is 12.6. The van der Waals surface area contributed by atoms with Crippen molar-refractivity contribution in [2.75, 3.05) is 6.61 Å². The van der Waals surface area contributed by atoms with Crippen LogP contribution in [-0.4, -0.2) is 40.8 Å².